The van der Waals surface area contributed by atoms with Gasteiger partial charge >= 0.3 is 0 Å². The van der Waals surface area contributed by atoms with Crippen LogP contribution in [-0.4, -0.2) is 75.2 Å². The quantitative estimate of drug-likeness (QED) is 0.0957. The molecule has 0 spiro atoms. The third kappa shape index (κ3) is 11.9. The number of hydrogen-bond acceptors (Lipinski definition) is 8. The lowest BCUT2D eigenvalue weighted by molar-refractivity contribution is -0.132. The molecule has 2 heterocycles. The number of nitrogens with one attached hydrogen (secondary N) is 3. The number of para-hydroxylation sites is 1. The average molecular weight is 774 g/mol. The van der Waals surface area contributed by atoms with Gasteiger partial charge in [-0.1, -0.05) is 103 Å². The summed E-state index contributed by atoms with van der Waals surface area (Å²) in [6, 6.07) is 15.6. The third-order valence-electron chi connectivity index (χ3n) is 11.2. The highest BCUT2D eigenvalue weighted by Crippen LogP contribution is 2.41. The zero-order valence-corrected chi connectivity index (χ0v) is 35.4. The van der Waals surface area contributed by atoms with E-state index in [1.807, 2.05) is 90.1 Å². The Morgan fingerprint density at radius 1 is 0.911 bits per heavy atom. The van der Waals surface area contributed by atoms with Crippen LogP contribution in [0.2, 0.25) is 0 Å². The molecule has 0 saturated carbocycles. The van der Waals surface area contributed by atoms with Gasteiger partial charge in [0.05, 0.1) is 17.8 Å². The normalized spacial score (nSPS) is 15.1. The number of ether oxygens (including phenoxy) is 1. The largest absolute Gasteiger partial charge is 0.375 e. The lowest BCUT2D eigenvalue weighted by Crippen LogP contribution is -2.43. The molecular weight excluding hydrogens is 707 g/mol. The van der Waals surface area contributed by atoms with Crippen LogP contribution in [0.5, 0.6) is 0 Å². The predicted octanol–water partition coefficient (Wildman–Crippen LogP) is 7.02. The Labute approximate surface area is 334 Å². The van der Waals surface area contributed by atoms with Gasteiger partial charge in [-0.25, -0.2) is 4.68 Å². The Bertz CT molecular complexity index is 1770. The number of nitrogens with zero attached hydrogens (tertiary/aromatic N) is 4. The monoisotopic (exact) mass is 774 g/mol. The van der Waals surface area contributed by atoms with E-state index in [-0.39, 0.29) is 49.2 Å². The zero-order chi connectivity index (χ0) is 41.2. The van der Waals surface area contributed by atoms with Gasteiger partial charge in [-0.3, -0.25) is 14.4 Å². The van der Waals surface area contributed by atoms with E-state index >= 15 is 0 Å². The summed E-state index contributed by atoms with van der Waals surface area (Å²) < 4.78 is 7.76. The molecule has 4 rings (SSSR count). The SMILES string of the molecule is CCC(C)C(C)CC(C)NC(=O)C(C)(C)CCOC(C)(C)CCNC(=O)CCC(=O)N1Cc2ccccc2-c2c(nnn2C(O)CNC(C)C)-c2ccccc21. The van der Waals surface area contributed by atoms with Crippen LogP contribution in [0.15, 0.2) is 48.5 Å². The minimum Gasteiger partial charge on any atom is -0.375 e. The Hall–Kier alpha value is -4.13. The van der Waals surface area contributed by atoms with Crippen molar-refractivity contribution in [1.82, 2.24) is 30.9 Å². The summed E-state index contributed by atoms with van der Waals surface area (Å²) >= 11 is 0. The van der Waals surface area contributed by atoms with Gasteiger partial charge in [0, 0.05) is 61.2 Å². The summed E-state index contributed by atoms with van der Waals surface area (Å²) in [5, 5.41) is 29.5. The zero-order valence-electron chi connectivity index (χ0n) is 35.4. The Kier molecular flexibility index (Phi) is 15.8. The molecule has 1 aliphatic heterocycles. The highest BCUT2D eigenvalue weighted by Gasteiger charge is 2.32. The first-order valence-electron chi connectivity index (χ1n) is 20.5. The van der Waals surface area contributed by atoms with Crippen LogP contribution in [0.1, 0.15) is 120 Å². The number of rotatable bonds is 20. The Morgan fingerprint density at radius 2 is 1.59 bits per heavy atom. The van der Waals surface area contributed by atoms with E-state index in [4.69, 9.17) is 4.74 Å². The molecule has 12 nitrogen and oxygen atoms in total. The topological polar surface area (TPSA) is 151 Å². The summed E-state index contributed by atoms with van der Waals surface area (Å²) in [6.07, 6.45) is 2.34. The van der Waals surface area contributed by atoms with Crippen molar-refractivity contribution < 1.29 is 24.2 Å². The first-order chi connectivity index (χ1) is 26.4. The van der Waals surface area contributed by atoms with Gasteiger partial charge in [0.15, 0.2) is 6.23 Å². The number of carbonyl (C=O) groups is 3. The van der Waals surface area contributed by atoms with Crippen LogP contribution in [0.4, 0.5) is 5.69 Å². The van der Waals surface area contributed by atoms with Crippen molar-refractivity contribution in [3.05, 3.63) is 54.1 Å². The molecule has 0 radical (unpaired) electrons. The fourth-order valence-electron chi connectivity index (χ4n) is 7.02. The maximum Gasteiger partial charge on any atom is 0.227 e. The van der Waals surface area contributed by atoms with Crippen molar-refractivity contribution in [2.24, 2.45) is 17.3 Å². The predicted molar refractivity (Wildman–Crippen MR) is 223 cm³/mol. The molecule has 0 fully saturated rings. The number of benzene rings is 2. The molecule has 0 saturated heterocycles. The molecule has 56 heavy (non-hydrogen) atoms. The lowest BCUT2D eigenvalue weighted by Gasteiger charge is -2.30. The molecule has 308 valence electrons. The van der Waals surface area contributed by atoms with E-state index in [1.54, 1.807) is 9.58 Å². The van der Waals surface area contributed by atoms with Crippen LogP contribution >= 0.6 is 0 Å². The lowest BCUT2D eigenvalue weighted by atomic mass is 9.86. The van der Waals surface area contributed by atoms with E-state index in [2.05, 4.69) is 54.0 Å². The summed E-state index contributed by atoms with van der Waals surface area (Å²) in [6.45, 7) is 22.1. The standard InChI is InChI=1S/C44H67N7O5/c1-11-30(4)31(5)26-32(6)47-42(55)43(7,8)23-25-56-44(9,10)22-24-45-37(52)20-21-38(53)50-28-33-16-12-13-17-34(33)41-40(35-18-14-15-19-36(35)50)48-49-51(41)39(54)27-46-29(2)3/h12-19,29-32,39,46,54H,11,20-28H2,1-10H3,(H,45,52)(H,47,55). The summed E-state index contributed by atoms with van der Waals surface area (Å²) in [5.41, 5.74) is 3.26. The molecule has 2 aromatic carbocycles. The number of aromatic nitrogens is 3. The Balaban J connectivity index is 1.32. The van der Waals surface area contributed by atoms with Crippen molar-refractivity contribution in [1.29, 1.82) is 0 Å². The highest BCUT2D eigenvalue weighted by atomic mass is 16.5. The van der Waals surface area contributed by atoms with Crippen molar-refractivity contribution >= 4 is 23.4 Å². The maximum atomic E-state index is 13.9. The van der Waals surface area contributed by atoms with Crippen molar-refractivity contribution in [2.75, 3.05) is 24.6 Å². The van der Waals surface area contributed by atoms with Gasteiger partial charge in [-0.15, -0.1) is 5.10 Å². The molecule has 4 N–H and O–H groups in total. The second kappa shape index (κ2) is 19.8. The van der Waals surface area contributed by atoms with E-state index in [1.165, 1.54) is 0 Å². The minimum atomic E-state index is -0.950. The van der Waals surface area contributed by atoms with Crippen LogP contribution < -0.4 is 20.9 Å². The van der Waals surface area contributed by atoms with Crippen LogP contribution in [0.3, 0.4) is 0 Å². The summed E-state index contributed by atoms with van der Waals surface area (Å²) in [5.74, 6) is 0.807. The number of anilines is 1. The van der Waals surface area contributed by atoms with Gasteiger partial charge < -0.3 is 30.7 Å². The molecule has 3 aromatic rings. The number of amides is 3. The molecule has 1 aromatic heterocycles. The van der Waals surface area contributed by atoms with E-state index in [0.717, 1.165) is 29.5 Å². The third-order valence-corrected chi connectivity index (χ3v) is 11.2. The number of aliphatic hydroxyl groups excluding tert-OH is 1. The van der Waals surface area contributed by atoms with Crippen LogP contribution in [-0.2, 0) is 25.7 Å². The molecule has 0 aliphatic carbocycles. The van der Waals surface area contributed by atoms with Gasteiger partial charge in [-0.2, -0.15) is 0 Å². The summed E-state index contributed by atoms with van der Waals surface area (Å²) in [4.78, 5) is 41.8. The molecule has 4 unspecified atom stereocenters. The first kappa shape index (κ1) is 44.6. The molecule has 4 atom stereocenters. The molecular formula is C44H67N7O5. The number of hydrogen-bond donors (Lipinski definition) is 4. The molecule has 12 heteroatoms. The van der Waals surface area contributed by atoms with Crippen molar-refractivity contribution in [3.63, 3.8) is 0 Å². The number of carbonyl (C=O) groups excluding carboxylic acids is 3. The molecule has 3 amide bonds. The molecule has 0 bridgehead atoms. The van der Waals surface area contributed by atoms with Crippen LogP contribution in [0, 0.1) is 17.3 Å². The maximum absolute atomic E-state index is 13.9. The molecule has 1 aliphatic rings. The fourth-order valence-corrected chi connectivity index (χ4v) is 7.02. The van der Waals surface area contributed by atoms with E-state index in [9.17, 15) is 19.5 Å². The highest BCUT2D eigenvalue weighted by molar-refractivity contribution is 6.01. The van der Waals surface area contributed by atoms with Gasteiger partial charge in [0.2, 0.25) is 17.7 Å². The average Bonchev–Trinajstić information content (AvgIpc) is 3.58. The first-order valence-corrected chi connectivity index (χ1v) is 20.5. The summed E-state index contributed by atoms with van der Waals surface area (Å²) in [7, 11) is 0. The number of fused-ring (bicyclic) bond motifs is 5. The van der Waals surface area contributed by atoms with Gasteiger partial charge in [0.1, 0.15) is 11.4 Å². The van der Waals surface area contributed by atoms with Gasteiger partial charge in [-0.05, 0) is 63.5 Å². The number of aliphatic hydroxyl groups is 1. The second-order valence-corrected chi connectivity index (χ2v) is 17.2. The van der Waals surface area contributed by atoms with E-state index in [0.29, 0.717) is 61.4 Å². The minimum absolute atomic E-state index is 0.0215. The van der Waals surface area contributed by atoms with Crippen molar-refractivity contribution in [3.8, 4) is 22.5 Å². The Morgan fingerprint density at radius 3 is 2.29 bits per heavy atom. The van der Waals surface area contributed by atoms with Crippen molar-refractivity contribution in [2.45, 2.75) is 138 Å². The smallest absolute Gasteiger partial charge is 0.227 e. The second-order valence-electron chi connectivity index (χ2n) is 17.2. The fraction of sp³-hybridized carbons (Fsp3) is 0.614. The van der Waals surface area contributed by atoms with Gasteiger partial charge in [0.25, 0.3) is 0 Å². The van der Waals surface area contributed by atoms with Crippen LogP contribution in [0.25, 0.3) is 22.5 Å². The van der Waals surface area contributed by atoms with E-state index < -0.39 is 17.2 Å².